The quantitative estimate of drug-likeness (QED) is 0.799. The maximum atomic E-state index is 4.42. The number of nitrogens with zero attached hydrogens (tertiary/aromatic N) is 3. The summed E-state index contributed by atoms with van der Waals surface area (Å²) in [6, 6.07) is 2.09. The molecular weight excluding hydrogens is 236 g/mol. The monoisotopic (exact) mass is 262 g/mol. The molecule has 1 saturated heterocycles. The van der Waals surface area contributed by atoms with Crippen molar-refractivity contribution in [2.24, 2.45) is 5.92 Å². The molecule has 19 heavy (non-hydrogen) atoms. The fraction of sp³-hybridized carbons (Fsp3) is 0.733. The fourth-order valence-corrected chi connectivity index (χ4v) is 2.61. The summed E-state index contributed by atoms with van der Waals surface area (Å²) < 4.78 is 0. The topological polar surface area (TPSA) is 41.0 Å². The van der Waals surface area contributed by atoms with Crippen molar-refractivity contribution >= 4 is 11.6 Å². The van der Waals surface area contributed by atoms with E-state index in [1.54, 1.807) is 6.33 Å². The van der Waals surface area contributed by atoms with Gasteiger partial charge in [-0.25, -0.2) is 9.97 Å². The van der Waals surface area contributed by atoms with Crippen LogP contribution in [0.1, 0.15) is 46.0 Å². The van der Waals surface area contributed by atoms with Crippen LogP contribution in [-0.4, -0.2) is 29.6 Å². The second-order valence-corrected chi connectivity index (χ2v) is 5.59. The number of hydrogen-bond acceptors (Lipinski definition) is 4. The van der Waals surface area contributed by atoms with Crippen LogP contribution in [0.4, 0.5) is 11.6 Å². The zero-order valence-electron chi connectivity index (χ0n) is 12.2. The lowest BCUT2D eigenvalue weighted by Gasteiger charge is -2.31. The average Bonchev–Trinajstić information content (AvgIpc) is 2.44. The van der Waals surface area contributed by atoms with Crippen LogP contribution in [0.2, 0.25) is 0 Å². The van der Waals surface area contributed by atoms with Crippen LogP contribution in [0, 0.1) is 5.92 Å². The predicted octanol–water partition coefficient (Wildman–Crippen LogP) is 3.32. The van der Waals surface area contributed by atoms with E-state index in [-0.39, 0.29) is 0 Å². The fourth-order valence-electron chi connectivity index (χ4n) is 2.61. The largest absolute Gasteiger partial charge is 0.370 e. The highest BCUT2D eigenvalue weighted by molar-refractivity contribution is 5.48. The van der Waals surface area contributed by atoms with E-state index in [1.807, 2.05) is 0 Å². The van der Waals surface area contributed by atoms with Gasteiger partial charge in [0.25, 0.3) is 0 Å². The molecule has 1 aliphatic heterocycles. The van der Waals surface area contributed by atoms with Crippen LogP contribution >= 0.6 is 0 Å². The van der Waals surface area contributed by atoms with E-state index in [2.05, 4.69) is 40.1 Å². The molecule has 0 spiro atoms. The van der Waals surface area contributed by atoms with Gasteiger partial charge >= 0.3 is 0 Å². The van der Waals surface area contributed by atoms with Crippen LogP contribution in [0.3, 0.4) is 0 Å². The van der Waals surface area contributed by atoms with Crippen LogP contribution in [0.25, 0.3) is 0 Å². The molecule has 1 fully saturated rings. The zero-order valence-corrected chi connectivity index (χ0v) is 12.2. The molecule has 0 aliphatic carbocycles. The standard InChI is InChI=1S/C15H26N4/c1-3-4-5-8-16-14-10-15(18-12-17-14)19-9-6-7-13(2)11-19/h10,12-13H,3-9,11H2,1-2H3,(H,16,17,18). The van der Waals surface area contributed by atoms with Crippen molar-refractivity contribution in [2.75, 3.05) is 29.9 Å². The molecule has 0 radical (unpaired) electrons. The van der Waals surface area contributed by atoms with Crippen LogP contribution in [-0.2, 0) is 0 Å². The number of unbranched alkanes of at least 4 members (excludes halogenated alkanes) is 2. The number of rotatable bonds is 6. The molecule has 2 rings (SSSR count). The first-order valence-electron chi connectivity index (χ1n) is 7.60. The lowest BCUT2D eigenvalue weighted by molar-refractivity contribution is 0.444. The number of hydrogen-bond donors (Lipinski definition) is 1. The number of piperidine rings is 1. The van der Waals surface area contributed by atoms with Crippen LogP contribution in [0.15, 0.2) is 12.4 Å². The highest BCUT2D eigenvalue weighted by Gasteiger charge is 2.17. The summed E-state index contributed by atoms with van der Waals surface area (Å²) in [5.41, 5.74) is 0. The van der Waals surface area contributed by atoms with Gasteiger partial charge < -0.3 is 10.2 Å². The van der Waals surface area contributed by atoms with Crippen LogP contribution < -0.4 is 10.2 Å². The SMILES string of the molecule is CCCCCNc1cc(N2CCCC(C)C2)ncn1. The summed E-state index contributed by atoms with van der Waals surface area (Å²) >= 11 is 0. The van der Waals surface area contributed by atoms with Crippen molar-refractivity contribution in [3.05, 3.63) is 12.4 Å². The highest BCUT2D eigenvalue weighted by Crippen LogP contribution is 2.22. The zero-order chi connectivity index (χ0) is 13.5. The summed E-state index contributed by atoms with van der Waals surface area (Å²) in [5, 5.41) is 3.39. The van der Waals surface area contributed by atoms with E-state index in [0.717, 1.165) is 37.2 Å². The van der Waals surface area contributed by atoms with E-state index >= 15 is 0 Å². The van der Waals surface area contributed by atoms with Gasteiger partial charge in [0.1, 0.15) is 18.0 Å². The summed E-state index contributed by atoms with van der Waals surface area (Å²) in [6.45, 7) is 7.78. The first kappa shape index (κ1) is 14.1. The molecule has 4 nitrogen and oxygen atoms in total. The minimum atomic E-state index is 0.768. The van der Waals surface area contributed by atoms with E-state index < -0.39 is 0 Å². The van der Waals surface area contributed by atoms with Crippen molar-refractivity contribution in [1.29, 1.82) is 0 Å². The van der Waals surface area contributed by atoms with E-state index in [4.69, 9.17) is 0 Å². The number of aromatic nitrogens is 2. The second kappa shape index (κ2) is 7.31. The minimum absolute atomic E-state index is 0.768. The van der Waals surface area contributed by atoms with Crippen molar-refractivity contribution in [3.63, 3.8) is 0 Å². The van der Waals surface area contributed by atoms with Crippen molar-refractivity contribution < 1.29 is 0 Å². The highest BCUT2D eigenvalue weighted by atomic mass is 15.2. The van der Waals surface area contributed by atoms with Gasteiger partial charge in [0, 0.05) is 25.7 Å². The Morgan fingerprint density at radius 3 is 3.05 bits per heavy atom. The third-order valence-electron chi connectivity index (χ3n) is 3.72. The third-order valence-corrected chi connectivity index (χ3v) is 3.72. The van der Waals surface area contributed by atoms with Crippen molar-refractivity contribution in [3.8, 4) is 0 Å². The van der Waals surface area contributed by atoms with Crippen LogP contribution in [0.5, 0.6) is 0 Å². The molecule has 0 amide bonds. The molecule has 4 heteroatoms. The first-order chi connectivity index (χ1) is 9.29. The molecule has 0 saturated carbocycles. The molecule has 1 aliphatic rings. The summed E-state index contributed by atoms with van der Waals surface area (Å²) in [6.07, 6.45) is 8.01. The molecular formula is C15H26N4. The van der Waals surface area contributed by atoms with E-state index in [9.17, 15) is 0 Å². The maximum Gasteiger partial charge on any atom is 0.134 e. The molecule has 106 valence electrons. The molecule has 1 atom stereocenters. The van der Waals surface area contributed by atoms with E-state index in [0.29, 0.717) is 0 Å². The molecule has 1 aromatic heterocycles. The van der Waals surface area contributed by atoms with Gasteiger partial charge in [-0.05, 0) is 25.2 Å². The normalized spacial score (nSPS) is 19.5. The molecule has 0 aromatic carbocycles. The Balaban J connectivity index is 1.90. The summed E-state index contributed by atoms with van der Waals surface area (Å²) in [5.74, 6) is 2.79. The Morgan fingerprint density at radius 2 is 2.26 bits per heavy atom. The molecule has 1 N–H and O–H groups in total. The Hall–Kier alpha value is -1.32. The van der Waals surface area contributed by atoms with Gasteiger partial charge in [-0.15, -0.1) is 0 Å². The second-order valence-electron chi connectivity index (χ2n) is 5.59. The van der Waals surface area contributed by atoms with Crippen molar-refractivity contribution in [1.82, 2.24) is 9.97 Å². The average molecular weight is 262 g/mol. The van der Waals surface area contributed by atoms with Gasteiger partial charge in [0.05, 0.1) is 0 Å². The third kappa shape index (κ3) is 4.37. The predicted molar refractivity (Wildman–Crippen MR) is 80.7 cm³/mol. The van der Waals surface area contributed by atoms with E-state index in [1.165, 1.54) is 32.1 Å². The number of nitrogens with one attached hydrogen (secondary N) is 1. The Labute approximate surface area is 116 Å². The molecule has 2 heterocycles. The summed E-state index contributed by atoms with van der Waals surface area (Å²) in [4.78, 5) is 11.1. The van der Waals surface area contributed by atoms with Gasteiger partial charge in [-0.3, -0.25) is 0 Å². The van der Waals surface area contributed by atoms with Gasteiger partial charge in [-0.2, -0.15) is 0 Å². The maximum absolute atomic E-state index is 4.42. The smallest absolute Gasteiger partial charge is 0.134 e. The Morgan fingerprint density at radius 1 is 1.37 bits per heavy atom. The molecule has 1 aromatic rings. The first-order valence-corrected chi connectivity index (χ1v) is 7.60. The molecule has 0 bridgehead atoms. The lowest BCUT2D eigenvalue weighted by atomic mass is 10.0. The Kier molecular flexibility index (Phi) is 5.43. The van der Waals surface area contributed by atoms with Gasteiger partial charge in [-0.1, -0.05) is 26.7 Å². The number of anilines is 2. The van der Waals surface area contributed by atoms with Crippen molar-refractivity contribution in [2.45, 2.75) is 46.0 Å². The Bertz CT molecular complexity index is 380. The molecule has 1 unspecified atom stereocenters. The van der Waals surface area contributed by atoms with Gasteiger partial charge in [0.2, 0.25) is 0 Å². The lowest BCUT2D eigenvalue weighted by Crippen LogP contribution is -2.34. The minimum Gasteiger partial charge on any atom is -0.370 e. The summed E-state index contributed by atoms with van der Waals surface area (Å²) in [7, 11) is 0. The van der Waals surface area contributed by atoms with Gasteiger partial charge in [0.15, 0.2) is 0 Å².